The number of hydrogen-bond acceptors (Lipinski definition) is 3. The van der Waals surface area contributed by atoms with Gasteiger partial charge in [-0.15, -0.1) is 0 Å². The summed E-state index contributed by atoms with van der Waals surface area (Å²) in [5.41, 5.74) is 1.07. The van der Waals surface area contributed by atoms with Gasteiger partial charge in [-0.1, -0.05) is 12.1 Å². The molecule has 2 aromatic carbocycles. The third-order valence-electron chi connectivity index (χ3n) is 4.07. The number of sulfonamides is 1. The molecular weight excluding hydrogens is 362 g/mol. The van der Waals surface area contributed by atoms with Crippen LogP contribution in [0.1, 0.15) is 34.3 Å². The Labute approximate surface area is 150 Å². The van der Waals surface area contributed by atoms with Gasteiger partial charge in [-0.3, -0.25) is 4.79 Å². The largest absolute Gasteiger partial charge is 0.348 e. The molecule has 1 fully saturated rings. The predicted molar refractivity (Wildman–Crippen MR) is 92.1 cm³/mol. The number of halogens is 2. The molecule has 2 aromatic rings. The molecule has 8 heteroatoms. The molecule has 0 saturated heterocycles. The highest BCUT2D eigenvalue weighted by Gasteiger charge is 2.30. The molecule has 5 nitrogen and oxygen atoms in total. The van der Waals surface area contributed by atoms with Gasteiger partial charge >= 0.3 is 0 Å². The molecule has 0 radical (unpaired) electrons. The minimum atomic E-state index is -4.02. The van der Waals surface area contributed by atoms with Gasteiger partial charge in [0.2, 0.25) is 10.0 Å². The van der Waals surface area contributed by atoms with Crippen LogP contribution in [-0.2, 0) is 16.6 Å². The first-order chi connectivity index (χ1) is 12.3. The summed E-state index contributed by atoms with van der Waals surface area (Å²) < 4.78 is 54.3. The van der Waals surface area contributed by atoms with E-state index in [9.17, 15) is 22.0 Å². The Morgan fingerprint density at radius 2 is 1.85 bits per heavy atom. The van der Waals surface area contributed by atoms with Crippen LogP contribution in [-0.4, -0.2) is 20.4 Å². The lowest BCUT2D eigenvalue weighted by Crippen LogP contribution is -2.28. The second-order valence-corrected chi connectivity index (χ2v) is 7.99. The van der Waals surface area contributed by atoms with E-state index >= 15 is 0 Å². The number of hydrogen-bond donors (Lipinski definition) is 2. The van der Waals surface area contributed by atoms with Crippen molar-refractivity contribution >= 4 is 15.9 Å². The summed E-state index contributed by atoms with van der Waals surface area (Å²) in [6.45, 7) is 1.70. The summed E-state index contributed by atoms with van der Waals surface area (Å²) in [5, 5.41) is 2.57. The minimum absolute atomic E-state index is 0.00940. The number of rotatable bonds is 6. The summed E-state index contributed by atoms with van der Waals surface area (Å²) in [5.74, 6) is -1.87. The van der Waals surface area contributed by atoms with Crippen molar-refractivity contribution in [2.75, 3.05) is 0 Å². The number of carbonyl (C=O) groups excluding carboxylic acids is 1. The first-order valence-electron chi connectivity index (χ1n) is 8.11. The fourth-order valence-corrected chi connectivity index (χ4v) is 3.77. The van der Waals surface area contributed by atoms with E-state index < -0.39 is 26.6 Å². The molecule has 138 valence electrons. The molecule has 0 atom stereocenters. The monoisotopic (exact) mass is 380 g/mol. The van der Waals surface area contributed by atoms with Crippen LogP contribution >= 0.6 is 0 Å². The van der Waals surface area contributed by atoms with Gasteiger partial charge in [0.25, 0.3) is 5.91 Å². The summed E-state index contributed by atoms with van der Waals surface area (Å²) in [4.78, 5) is 11.7. The van der Waals surface area contributed by atoms with Crippen molar-refractivity contribution in [2.45, 2.75) is 37.2 Å². The Bertz CT molecular complexity index is 957. The summed E-state index contributed by atoms with van der Waals surface area (Å²) >= 11 is 0. The molecule has 2 N–H and O–H groups in total. The second kappa shape index (κ2) is 7.13. The number of aryl methyl sites for hydroxylation is 1. The van der Waals surface area contributed by atoms with Crippen LogP contribution in [0.4, 0.5) is 8.78 Å². The molecule has 0 spiro atoms. The third-order valence-corrected chi connectivity index (χ3v) is 5.61. The van der Waals surface area contributed by atoms with Crippen LogP contribution in [0.25, 0.3) is 0 Å². The molecular formula is C18H18F2N2O3S. The van der Waals surface area contributed by atoms with Crippen LogP contribution in [0.3, 0.4) is 0 Å². The second-order valence-electron chi connectivity index (χ2n) is 6.31. The van der Waals surface area contributed by atoms with E-state index in [-0.39, 0.29) is 24.0 Å². The van der Waals surface area contributed by atoms with Crippen LogP contribution in [0.2, 0.25) is 0 Å². The SMILES string of the molecule is Cc1ccc(CNC(=O)c2ccc(F)c(S(=O)(=O)NC3CC3)c2)cc1F. The van der Waals surface area contributed by atoms with E-state index in [1.165, 1.54) is 12.1 Å². The molecule has 1 aliphatic carbocycles. The zero-order valence-electron chi connectivity index (χ0n) is 14.1. The smallest absolute Gasteiger partial charge is 0.251 e. The number of carbonyl (C=O) groups is 1. The van der Waals surface area contributed by atoms with Gasteiger partial charge in [0, 0.05) is 18.2 Å². The molecule has 3 rings (SSSR count). The topological polar surface area (TPSA) is 75.3 Å². The Morgan fingerprint density at radius 3 is 2.50 bits per heavy atom. The summed E-state index contributed by atoms with van der Waals surface area (Å²) in [6, 6.07) is 7.58. The van der Waals surface area contributed by atoms with Crippen molar-refractivity contribution in [3.8, 4) is 0 Å². The lowest BCUT2D eigenvalue weighted by atomic mass is 10.1. The normalized spacial score (nSPS) is 14.3. The first kappa shape index (κ1) is 18.5. The number of amides is 1. The van der Waals surface area contributed by atoms with E-state index in [1.54, 1.807) is 19.1 Å². The molecule has 1 amide bonds. The molecule has 1 saturated carbocycles. The Morgan fingerprint density at radius 1 is 1.12 bits per heavy atom. The van der Waals surface area contributed by atoms with Crippen LogP contribution in [0.15, 0.2) is 41.3 Å². The van der Waals surface area contributed by atoms with Gasteiger partial charge in [0.1, 0.15) is 16.5 Å². The van der Waals surface area contributed by atoms with Crippen molar-refractivity contribution < 1.29 is 22.0 Å². The molecule has 0 aromatic heterocycles. The maximum atomic E-state index is 13.9. The lowest BCUT2D eigenvalue weighted by molar-refractivity contribution is 0.0950. The van der Waals surface area contributed by atoms with E-state index in [0.29, 0.717) is 24.0 Å². The van der Waals surface area contributed by atoms with E-state index in [0.717, 1.165) is 12.1 Å². The zero-order valence-corrected chi connectivity index (χ0v) is 14.9. The standard InChI is InChI=1S/C18H18F2N2O3S/c1-11-2-3-12(8-16(11)20)10-21-18(23)13-4-7-15(19)17(9-13)26(24,25)22-14-5-6-14/h2-4,7-9,14,22H,5-6,10H2,1H3,(H,21,23). The molecule has 0 bridgehead atoms. The van der Waals surface area contributed by atoms with Gasteiger partial charge in [0.15, 0.2) is 0 Å². The maximum Gasteiger partial charge on any atom is 0.251 e. The average Bonchev–Trinajstić information content (AvgIpc) is 3.39. The third kappa shape index (κ3) is 4.25. The molecule has 26 heavy (non-hydrogen) atoms. The summed E-state index contributed by atoms with van der Waals surface area (Å²) in [6.07, 6.45) is 1.43. The first-order valence-corrected chi connectivity index (χ1v) is 9.60. The quantitative estimate of drug-likeness (QED) is 0.809. The lowest BCUT2D eigenvalue weighted by Gasteiger charge is -2.10. The Kier molecular flexibility index (Phi) is 5.06. The van der Waals surface area contributed by atoms with Crippen LogP contribution in [0.5, 0.6) is 0 Å². The maximum absolute atomic E-state index is 13.9. The van der Waals surface area contributed by atoms with E-state index in [2.05, 4.69) is 10.0 Å². The Hall–Kier alpha value is -2.32. The molecule has 0 unspecified atom stereocenters. The molecule has 0 heterocycles. The van der Waals surface area contributed by atoms with Crippen LogP contribution in [0, 0.1) is 18.6 Å². The van der Waals surface area contributed by atoms with Crippen molar-refractivity contribution in [3.05, 3.63) is 64.7 Å². The number of nitrogens with one attached hydrogen (secondary N) is 2. The fraction of sp³-hybridized carbons (Fsp3) is 0.278. The minimum Gasteiger partial charge on any atom is -0.348 e. The van der Waals surface area contributed by atoms with Crippen molar-refractivity contribution in [2.24, 2.45) is 0 Å². The fourth-order valence-electron chi connectivity index (χ4n) is 2.37. The van der Waals surface area contributed by atoms with Crippen molar-refractivity contribution in [1.29, 1.82) is 0 Å². The van der Waals surface area contributed by atoms with Gasteiger partial charge in [-0.2, -0.15) is 0 Å². The van der Waals surface area contributed by atoms with Gasteiger partial charge in [0.05, 0.1) is 0 Å². The highest BCUT2D eigenvalue weighted by molar-refractivity contribution is 7.89. The Balaban J connectivity index is 1.74. The predicted octanol–water partition coefficient (Wildman–Crippen LogP) is 2.64. The van der Waals surface area contributed by atoms with Gasteiger partial charge in [-0.25, -0.2) is 21.9 Å². The molecule has 0 aliphatic heterocycles. The zero-order chi connectivity index (χ0) is 18.9. The number of benzene rings is 2. The van der Waals surface area contributed by atoms with E-state index in [1.807, 2.05) is 0 Å². The average molecular weight is 380 g/mol. The molecule has 1 aliphatic rings. The van der Waals surface area contributed by atoms with Crippen LogP contribution < -0.4 is 10.0 Å². The van der Waals surface area contributed by atoms with Crippen molar-refractivity contribution in [1.82, 2.24) is 10.0 Å². The highest BCUT2D eigenvalue weighted by Crippen LogP contribution is 2.24. The van der Waals surface area contributed by atoms with Gasteiger partial charge in [-0.05, 0) is 55.2 Å². The van der Waals surface area contributed by atoms with Gasteiger partial charge < -0.3 is 5.32 Å². The van der Waals surface area contributed by atoms with E-state index in [4.69, 9.17) is 0 Å². The summed E-state index contributed by atoms with van der Waals surface area (Å²) in [7, 11) is -4.02. The van der Waals surface area contributed by atoms with Crippen molar-refractivity contribution in [3.63, 3.8) is 0 Å². The highest BCUT2D eigenvalue weighted by atomic mass is 32.2.